The van der Waals surface area contributed by atoms with E-state index in [2.05, 4.69) is 9.47 Å². The first-order chi connectivity index (χ1) is 12.6. The molecule has 140 valence electrons. The highest BCUT2D eigenvalue weighted by atomic mass is 19.3. The predicted octanol–water partition coefficient (Wildman–Crippen LogP) is 3.46. The molecular formula is C19H16F2N2O4. The van der Waals surface area contributed by atoms with Crippen LogP contribution in [-0.2, 0) is 9.53 Å². The Balaban J connectivity index is 1.85. The van der Waals surface area contributed by atoms with E-state index in [-0.39, 0.29) is 40.6 Å². The molecule has 1 aromatic carbocycles. The smallest absolute Gasteiger partial charge is 0.444 e. The van der Waals surface area contributed by atoms with Gasteiger partial charge in [-0.3, -0.25) is 4.79 Å². The zero-order valence-corrected chi connectivity index (χ0v) is 14.6. The fourth-order valence-electron chi connectivity index (χ4n) is 3.76. The van der Waals surface area contributed by atoms with Crippen LogP contribution in [0.1, 0.15) is 38.2 Å². The van der Waals surface area contributed by atoms with Crippen molar-refractivity contribution in [3.63, 3.8) is 0 Å². The summed E-state index contributed by atoms with van der Waals surface area (Å²) in [6.07, 6.45) is -2.99. The molecule has 8 heteroatoms. The highest BCUT2D eigenvalue weighted by Gasteiger charge is 2.46. The minimum atomic E-state index is -3.75. The molecule has 0 saturated heterocycles. The number of nitrogens with two attached hydrogens (primary N) is 1. The Kier molecular flexibility index (Phi) is 3.51. The maximum absolute atomic E-state index is 13.3. The molecule has 0 amide bonds. The van der Waals surface area contributed by atoms with E-state index in [1.165, 1.54) is 18.2 Å². The van der Waals surface area contributed by atoms with Gasteiger partial charge in [-0.2, -0.15) is 5.26 Å². The van der Waals surface area contributed by atoms with Gasteiger partial charge in [0, 0.05) is 18.4 Å². The maximum Gasteiger partial charge on any atom is 0.586 e. The van der Waals surface area contributed by atoms with Crippen molar-refractivity contribution in [3.8, 4) is 17.6 Å². The van der Waals surface area contributed by atoms with Crippen molar-refractivity contribution in [2.75, 3.05) is 0 Å². The Hall–Kier alpha value is -3.08. The van der Waals surface area contributed by atoms with Crippen molar-refractivity contribution in [1.82, 2.24) is 0 Å². The van der Waals surface area contributed by atoms with Crippen LogP contribution in [0.3, 0.4) is 0 Å². The second-order valence-electron chi connectivity index (χ2n) is 7.58. The zero-order chi connectivity index (χ0) is 19.6. The number of ketones is 1. The molecule has 4 rings (SSSR count). The number of Topliss-reactive ketones (excluding diaryl/α,β-unsaturated/α-hetero) is 1. The van der Waals surface area contributed by atoms with Crippen LogP contribution in [0, 0.1) is 16.7 Å². The van der Waals surface area contributed by atoms with Crippen LogP contribution in [0.5, 0.6) is 11.5 Å². The van der Waals surface area contributed by atoms with Gasteiger partial charge >= 0.3 is 6.29 Å². The summed E-state index contributed by atoms with van der Waals surface area (Å²) in [5.41, 5.74) is 6.45. The molecule has 3 aliphatic rings. The molecule has 1 unspecified atom stereocenters. The number of fused-ring (bicyclic) bond motifs is 1. The second kappa shape index (κ2) is 5.46. The normalized spacial score (nSPS) is 25.0. The minimum absolute atomic E-state index is 0.0624. The minimum Gasteiger partial charge on any atom is -0.444 e. The molecule has 0 aromatic heterocycles. The molecule has 2 N–H and O–H groups in total. The van der Waals surface area contributed by atoms with E-state index in [1.807, 2.05) is 19.9 Å². The molecule has 27 heavy (non-hydrogen) atoms. The molecule has 0 saturated carbocycles. The number of carbonyl (C=O) groups excluding carboxylic acids is 1. The third-order valence-electron chi connectivity index (χ3n) is 4.83. The largest absolute Gasteiger partial charge is 0.586 e. The van der Waals surface area contributed by atoms with Crippen LogP contribution in [0.2, 0.25) is 0 Å². The highest BCUT2D eigenvalue weighted by Crippen LogP contribution is 2.50. The molecule has 6 nitrogen and oxygen atoms in total. The number of benzene rings is 1. The number of rotatable bonds is 1. The molecule has 0 bridgehead atoms. The number of halogens is 2. The number of alkyl halides is 2. The van der Waals surface area contributed by atoms with Crippen molar-refractivity contribution < 1.29 is 27.8 Å². The summed E-state index contributed by atoms with van der Waals surface area (Å²) in [5, 5.41) is 9.57. The highest BCUT2D eigenvalue weighted by molar-refractivity contribution is 6.00. The van der Waals surface area contributed by atoms with Crippen molar-refractivity contribution in [3.05, 3.63) is 46.6 Å². The lowest BCUT2D eigenvalue weighted by Gasteiger charge is -2.37. The summed E-state index contributed by atoms with van der Waals surface area (Å²) in [7, 11) is 0. The van der Waals surface area contributed by atoms with E-state index >= 15 is 0 Å². The topological polar surface area (TPSA) is 94.6 Å². The van der Waals surface area contributed by atoms with Crippen molar-refractivity contribution >= 4 is 5.78 Å². The SMILES string of the molecule is CC1(C)CC(=O)C2=C(C1)OC(N)=C(C#N)C2c1ccc2c(c1)OC(F)(F)O2. The van der Waals surface area contributed by atoms with E-state index in [4.69, 9.17) is 10.5 Å². The first-order valence-electron chi connectivity index (χ1n) is 8.34. The molecular weight excluding hydrogens is 358 g/mol. The van der Waals surface area contributed by atoms with Crippen molar-refractivity contribution in [2.24, 2.45) is 11.1 Å². The van der Waals surface area contributed by atoms with Gasteiger partial charge in [0.05, 0.1) is 5.92 Å². The van der Waals surface area contributed by atoms with Crippen LogP contribution >= 0.6 is 0 Å². The standard InChI is InChI=1S/C19H16F2N2O4/c1-18(2)6-11(24)16-14(7-18)25-17(23)10(8-22)15(16)9-3-4-12-13(5-9)27-19(20,21)26-12/h3-5,15H,6-7,23H2,1-2H3. The van der Waals surface area contributed by atoms with Crippen LogP contribution in [-0.4, -0.2) is 12.1 Å². The third kappa shape index (κ3) is 2.79. The Morgan fingerprint density at radius 3 is 2.63 bits per heavy atom. The summed E-state index contributed by atoms with van der Waals surface area (Å²) >= 11 is 0. The molecule has 0 radical (unpaired) electrons. The summed E-state index contributed by atoms with van der Waals surface area (Å²) in [6, 6.07) is 6.16. The molecule has 1 aromatic rings. The monoisotopic (exact) mass is 374 g/mol. The Morgan fingerprint density at radius 2 is 1.93 bits per heavy atom. The maximum atomic E-state index is 13.3. The molecule has 1 atom stereocenters. The summed E-state index contributed by atoms with van der Waals surface area (Å²) in [4.78, 5) is 12.8. The summed E-state index contributed by atoms with van der Waals surface area (Å²) in [5.74, 6) is -0.905. The fourth-order valence-corrected chi connectivity index (χ4v) is 3.76. The lowest BCUT2D eigenvalue weighted by molar-refractivity contribution is -0.286. The first kappa shape index (κ1) is 17.3. The fraction of sp³-hybridized carbons (Fsp3) is 0.368. The van der Waals surface area contributed by atoms with E-state index in [0.717, 1.165) is 0 Å². The number of hydrogen-bond donors (Lipinski definition) is 1. The van der Waals surface area contributed by atoms with Gasteiger partial charge in [0.15, 0.2) is 17.3 Å². The molecule has 0 fully saturated rings. The average Bonchev–Trinajstić information content (AvgIpc) is 2.85. The summed E-state index contributed by atoms with van der Waals surface area (Å²) in [6.45, 7) is 3.88. The Bertz CT molecular complexity index is 972. The van der Waals surface area contributed by atoms with Gasteiger partial charge in [-0.25, -0.2) is 0 Å². The van der Waals surface area contributed by atoms with Crippen molar-refractivity contribution in [2.45, 2.75) is 38.9 Å². The van der Waals surface area contributed by atoms with Gasteiger partial charge in [-0.15, -0.1) is 8.78 Å². The van der Waals surface area contributed by atoms with Gasteiger partial charge < -0.3 is 19.9 Å². The first-order valence-corrected chi connectivity index (χ1v) is 8.34. The Morgan fingerprint density at radius 1 is 1.22 bits per heavy atom. The van der Waals surface area contributed by atoms with Crippen LogP contribution < -0.4 is 15.2 Å². The number of nitrogens with zero attached hydrogens (tertiary/aromatic N) is 1. The zero-order valence-electron chi connectivity index (χ0n) is 14.6. The molecule has 0 spiro atoms. The van der Waals surface area contributed by atoms with Gasteiger partial charge in [0.1, 0.15) is 17.4 Å². The van der Waals surface area contributed by atoms with Gasteiger partial charge in [0.25, 0.3) is 0 Å². The van der Waals surface area contributed by atoms with Crippen molar-refractivity contribution in [1.29, 1.82) is 5.26 Å². The van der Waals surface area contributed by atoms with Gasteiger partial charge in [0.2, 0.25) is 5.88 Å². The van der Waals surface area contributed by atoms with E-state index in [0.29, 0.717) is 23.3 Å². The molecule has 2 aliphatic heterocycles. The van der Waals surface area contributed by atoms with Crippen LogP contribution in [0.25, 0.3) is 0 Å². The van der Waals surface area contributed by atoms with Crippen LogP contribution in [0.15, 0.2) is 41.0 Å². The Labute approximate surface area is 153 Å². The third-order valence-corrected chi connectivity index (χ3v) is 4.83. The van der Waals surface area contributed by atoms with E-state index in [1.54, 1.807) is 0 Å². The van der Waals surface area contributed by atoms with E-state index < -0.39 is 12.2 Å². The molecule has 2 heterocycles. The number of nitriles is 1. The number of allylic oxidation sites excluding steroid dienone is 3. The lowest BCUT2D eigenvalue weighted by atomic mass is 9.70. The second-order valence-corrected chi connectivity index (χ2v) is 7.58. The van der Waals surface area contributed by atoms with Crippen LogP contribution in [0.4, 0.5) is 8.78 Å². The quantitative estimate of drug-likeness (QED) is 0.809. The summed E-state index contributed by atoms with van der Waals surface area (Å²) < 4.78 is 41.1. The van der Waals surface area contributed by atoms with Gasteiger partial charge in [-0.05, 0) is 23.1 Å². The lowest BCUT2D eigenvalue weighted by Crippen LogP contribution is -2.33. The number of ether oxygens (including phenoxy) is 3. The number of carbonyl (C=O) groups is 1. The van der Waals surface area contributed by atoms with Gasteiger partial charge in [-0.1, -0.05) is 19.9 Å². The molecule has 1 aliphatic carbocycles. The predicted molar refractivity (Wildman–Crippen MR) is 88.3 cm³/mol. The van der Waals surface area contributed by atoms with E-state index in [9.17, 15) is 18.8 Å². The number of hydrogen-bond acceptors (Lipinski definition) is 6. The average molecular weight is 374 g/mol.